The van der Waals surface area contributed by atoms with Crippen molar-refractivity contribution in [3.63, 3.8) is 0 Å². The Hall–Kier alpha value is -3.93. The van der Waals surface area contributed by atoms with Crippen molar-refractivity contribution in [2.75, 3.05) is 13.2 Å². The predicted octanol–water partition coefficient (Wildman–Crippen LogP) is 22.6. The molecule has 0 radical (unpaired) electrons. The molecule has 0 aromatic carbocycles. The quantitative estimate of drug-likeness (QED) is 0.0261. The molecule has 0 fully saturated rings. The Morgan fingerprint density at radius 1 is 0.269 bits per heavy atom. The first-order valence-electron chi connectivity index (χ1n) is 32.9. The van der Waals surface area contributed by atoms with Crippen LogP contribution in [0.1, 0.15) is 310 Å². The van der Waals surface area contributed by atoms with Crippen LogP contribution in [-0.4, -0.2) is 37.2 Å². The Morgan fingerprint density at radius 3 is 0.795 bits per heavy atom. The van der Waals surface area contributed by atoms with E-state index in [2.05, 4.69) is 130 Å². The highest BCUT2D eigenvalue weighted by Crippen LogP contribution is 2.16. The normalized spacial score (nSPS) is 12.8. The van der Waals surface area contributed by atoms with Crippen LogP contribution in [0, 0.1) is 0 Å². The van der Waals surface area contributed by atoms with Gasteiger partial charge in [-0.1, -0.05) is 291 Å². The molecular formula is C72H122O6. The topological polar surface area (TPSA) is 78.9 Å². The number of allylic oxidation sites excluding steroid dienone is 18. The molecule has 0 N–H and O–H groups in total. The van der Waals surface area contributed by atoms with Crippen molar-refractivity contribution in [2.24, 2.45) is 0 Å². The maximum absolute atomic E-state index is 12.9. The second kappa shape index (κ2) is 65.6. The molecule has 6 nitrogen and oxygen atoms in total. The molecule has 78 heavy (non-hydrogen) atoms. The van der Waals surface area contributed by atoms with Crippen LogP contribution in [-0.2, 0) is 28.6 Å². The van der Waals surface area contributed by atoms with Crippen LogP contribution in [0.25, 0.3) is 0 Å². The summed E-state index contributed by atoms with van der Waals surface area (Å²) in [5, 5.41) is 0. The fourth-order valence-corrected chi connectivity index (χ4v) is 9.10. The number of hydrogen-bond donors (Lipinski definition) is 0. The first-order chi connectivity index (χ1) is 38.5. The van der Waals surface area contributed by atoms with Gasteiger partial charge in [-0.25, -0.2) is 0 Å². The third kappa shape index (κ3) is 62.9. The Labute approximate surface area is 482 Å². The second-order valence-corrected chi connectivity index (χ2v) is 21.6. The van der Waals surface area contributed by atoms with Crippen LogP contribution >= 0.6 is 0 Å². The van der Waals surface area contributed by atoms with E-state index in [4.69, 9.17) is 14.2 Å². The van der Waals surface area contributed by atoms with E-state index >= 15 is 0 Å². The monoisotopic (exact) mass is 1080 g/mol. The number of carbonyl (C=O) groups is 3. The Kier molecular flexibility index (Phi) is 62.3. The van der Waals surface area contributed by atoms with Gasteiger partial charge in [-0.05, 0) is 109 Å². The van der Waals surface area contributed by atoms with Gasteiger partial charge in [0.05, 0.1) is 0 Å². The molecule has 0 spiro atoms. The number of esters is 3. The van der Waals surface area contributed by atoms with Gasteiger partial charge in [0.15, 0.2) is 6.10 Å². The molecule has 0 aromatic heterocycles. The van der Waals surface area contributed by atoms with Crippen molar-refractivity contribution >= 4 is 17.9 Å². The summed E-state index contributed by atoms with van der Waals surface area (Å²) in [7, 11) is 0. The van der Waals surface area contributed by atoms with E-state index in [0.29, 0.717) is 19.3 Å². The number of rotatable bonds is 59. The van der Waals surface area contributed by atoms with E-state index in [1.807, 2.05) is 0 Å². The van der Waals surface area contributed by atoms with Crippen molar-refractivity contribution < 1.29 is 28.6 Å². The summed E-state index contributed by atoms with van der Waals surface area (Å²) in [5.41, 5.74) is 0. The summed E-state index contributed by atoms with van der Waals surface area (Å²) in [5.74, 6) is -0.909. The largest absolute Gasteiger partial charge is 0.462 e. The number of ether oxygens (including phenoxy) is 3. The molecule has 0 heterocycles. The summed E-state index contributed by atoms with van der Waals surface area (Å²) in [6.45, 7) is 6.50. The standard InChI is InChI=1S/C72H122O6/c1-4-7-10-13-16-19-21-23-25-27-29-31-33-34-35-36-37-38-40-41-43-45-47-49-51-53-56-59-62-65-71(74)77-68-69(67-76-70(73)64-61-58-55-18-15-12-9-6-3)78-72(75)66-63-60-57-54-52-50-48-46-44-42-39-32-30-28-26-24-22-20-17-14-11-8-5-2/h7,10,16,19,23,25,28-31,34-35,37-38,41,43,47,49,69H,4-6,8-9,11-15,17-18,20-22,24,26-27,32-33,36,39-40,42,44-46,48,50-68H2,1-3H3/b10-7-,19-16-,25-23-,30-28-,31-29-,35-34-,38-37-,43-41-,49-47-. The molecule has 1 unspecified atom stereocenters. The van der Waals surface area contributed by atoms with Crippen molar-refractivity contribution in [3.05, 3.63) is 109 Å². The minimum Gasteiger partial charge on any atom is -0.462 e. The van der Waals surface area contributed by atoms with Crippen LogP contribution in [0.15, 0.2) is 109 Å². The van der Waals surface area contributed by atoms with Crippen LogP contribution < -0.4 is 0 Å². The van der Waals surface area contributed by atoms with E-state index in [9.17, 15) is 14.4 Å². The molecule has 0 aliphatic rings. The zero-order valence-electron chi connectivity index (χ0n) is 51.2. The van der Waals surface area contributed by atoms with Crippen molar-refractivity contribution in [3.8, 4) is 0 Å². The van der Waals surface area contributed by atoms with Gasteiger partial charge in [0.2, 0.25) is 0 Å². The van der Waals surface area contributed by atoms with Crippen molar-refractivity contribution in [1.29, 1.82) is 0 Å². The van der Waals surface area contributed by atoms with E-state index in [0.717, 1.165) is 122 Å². The Balaban J connectivity index is 4.24. The third-order valence-corrected chi connectivity index (χ3v) is 14.0. The van der Waals surface area contributed by atoms with Gasteiger partial charge in [0.25, 0.3) is 0 Å². The average Bonchev–Trinajstić information content (AvgIpc) is 3.44. The molecule has 0 aliphatic heterocycles. The third-order valence-electron chi connectivity index (χ3n) is 14.0. The lowest BCUT2D eigenvalue weighted by Crippen LogP contribution is -2.30. The lowest BCUT2D eigenvalue weighted by molar-refractivity contribution is -0.167. The molecule has 0 aliphatic carbocycles. The lowest BCUT2D eigenvalue weighted by Gasteiger charge is -2.18. The smallest absolute Gasteiger partial charge is 0.306 e. The molecule has 1 atom stereocenters. The second-order valence-electron chi connectivity index (χ2n) is 21.6. The maximum Gasteiger partial charge on any atom is 0.306 e. The fraction of sp³-hybridized carbons (Fsp3) is 0.708. The van der Waals surface area contributed by atoms with Gasteiger partial charge in [-0.2, -0.15) is 0 Å². The van der Waals surface area contributed by atoms with Crippen molar-refractivity contribution in [1.82, 2.24) is 0 Å². The van der Waals surface area contributed by atoms with Crippen LogP contribution in [0.5, 0.6) is 0 Å². The minimum atomic E-state index is -0.789. The zero-order valence-corrected chi connectivity index (χ0v) is 51.2. The summed E-state index contributed by atoms with van der Waals surface area (Å²) < 4.78 is 16.9. The molecule has 0 rings (SSSR count). The summed E-state index contributed by atoms with van der Waals surface area (Å²) >= 11 is 0. The molecular weight excluding hydrogens is 961 g/mol. The highest BCUT2D eigenvalue weighted by atomic mass is 16.6. The van der Waals surface area contributed by atoms with Crippen molar-refractivity contribution in [2.45, 2.75) is 316 Å². The SMILES string of the molecule is CC/C=C\C/C=C\C/C=C\C/C=C\C/C=C\C/C=C\C/C=C\C/C=C\CCCCCCC(=O)OCC(COC(=O)CCCCCCCCCC)OC(=O)CCCCCCCCCCCCC/C=C\CCCCCCCCCC. The first kappa shape index (κ1) is 74.1. The number of carbonyl (C=O) groups excluding carboxylic acids is 3. The van der Waals surface area contributed by atoms with Crippen LogP contribution in [0.3, 0.4) is 0 Å². The molecule has 0 saturated carbocycles. The highest BCUT2D eigenvalue weighted by molar-refractivity contribution is 5.71. The molecule has 0 amide bonds. The van der Waals surface area contributed by atoms with E-state index < -0.39 is 6.10 Å². The molecule has 6 heteroatoms. The molecule has 0 bridgehead atoms. The van der Waals surface area contributed by atoms with Gasteiger partial charge < -0.3 is 14.2 Å². The lowest BCUT2D eigenvalue weighted by atomic mass is 10.0. The molecule has 0 saturated heterocycles. The van der Waals surface area contributed by atoms with Gasteiger partial charge in [0.1, 0.15) is 13.2 Å². The van der Waals surface area contributed by atoms with Gasteiger partial charge in [0, 0.05) is 19.3 Å². The Morgan fingerprint density at radius 2 is 0.500 bits per heavy atom. The maximum atomic E-state index is 12.9. The number of hydrogen-bond acceptors (Lipinski definition) is 6. The van der Waals surface area contributed by atoms with E-state index in [1.54, 1.807) is 0 Å². The van der Waals surface area contributed by atoms with E-state index in [-0.39, 0.29) is 31.1 Å². The minimum absolute atomic E-state index is 0.0852. The van der Waals surface area contributed by atoms with Crippen LogP contribution in [0.2, 0.25) is 0 Å². The molecule has 446 valence electrons. The molecule has 0 aromatic rings. The summed E-state index contributed by atoms with van der Waals surface area (Å²) in [6.07, 6.45) is 89.7. The predicted molar refractivity (Wildman–Crippen MR) is 339 cm³/mol. The fourth-order valence-electron chi connectivity index (χ4n) is 9.10. The van der Waals surface area contributed by atoms with Gasteiger partial charge in [-0.15, -0.1) is 0 Å². The summed E-state index contributed by atoms with van der Waals surface area (Å²) in [6, 6.07) is 0. The number of unbranched alkanes of at least 4 members (excludes halogenated alkanes) is 30. The average molecular weight is 1080 g/mol. The highest BCUT2D eigenvalue weighted by Gasteiger charge is 2.19. The van der Waals surface area contributed by atoms with Crippen LogP contribution in [0.4, 0.5) is 0 Å². The van der Waals surface area contributed by atoms with Gasteiger partial charge in [-0.3, -0.25) is 14.4 Å². The summed E-state index contributed by atoms with van der Waals surface area (Å²) in [4.78, 5) is 38.2. The Bertz CT molecular complexity index is 1570. The van der Waals surface area contributed by atoms with Gasteiger partial charge >= 0.3 is 17.9 Å². The van der Waals surface area contributed by atoms with E-state index in [1.165, 1.54) is 148 Å². The first-order valence-corrected chi connectivity index (χ1v) is 32.9. The zero-order chi connectivity index (χ0) is 56.4.